The Balaban J connectivity index is 2.08. The number of rotatable bonds is 5. The van der Waals surface area contributed by atoms with Crippen LogP contribution in [0, 0.1) is 5.41 Å². The lowest BCUT2D eigenvalue weighted by Gasteiger charge is -2.38. The van der Waals surface area contributed by atoms with Gasteiger partial charge in [-0.25, -0.2) is 0 Å². The van der Waals surface area contributed by atoms with E-state index in [-0.39, 0.29) is 11.9 Å². The zero-order chi connectivity index (χ0) is 24.6. The van der Waals surface area contributed by atoms with Crippen molar-refractivity contribution < 1.29 is 13.7 Å². The molecule has 0 aromatic heterocycles. The van der Waals surface area contributed by atoms with Gasteiger partial charge in [-0.2, -0.15) is 0 Å². The molecule has 2 aromatic rings. The maximum atomic E-state index is 13.9. The maximum absolute atomic E-state index is 13.9. The number of hydrogen-bond donors (Lipinski definition) is 0. The molecule has 0 saturated carbocycles. The Labute approximate surface area is 214 Å². The highest BCUT2D eigenvalue weighted by molar-refractivity contribution is 7.86. The highest BCUT2D eigenvalue weighted by atomic mass is 35.5. The average Bonchev–Trinajstić information content (AvgIpc) is 2.76. The third kappa shape index (κ3) is 5.43. The molecule has 0 bridgehead atoms. The predicted molar refractivity (Wildman–Crippen MR) is 138 cm³/mol. The van der Waals surface area contributed by atoms with E-state index in [0.717, 1.165) is 5.56 Å². The van der Waals surface area contributed by atoms with Crippen molar-refractivity contribution in [2.24, 2.45) is 5.41 Å². The number of hydrogen-bond acceptors (Lipinski definition) is 3. The number of carbonyl (C=O) groups excluding carboxylic acids is 1. The van der Waals surface area contributed by atoms with Gasteiger partial charge in [-0.1, -0.05) is 61.6 Å². The van der Waals surface area contributed by atoms with Crippen molar-refractivity contribution in [3.05, 3.63) is 57.0 Å². The van der Waals surface area contributed by atoms with Crippen LogP contribution < -0.4 is 4.90 Å². The standard InChI is InChI=1S/C25H30Cl3NO3S/c1-16(2)29(23(30)24(3,4)5)22-9-6-17(14-21(22)28)25(10-12-32-13-11-25)33(31)18-7-8-19(26)20(27)15-18/h6-9,14-16H,10-13H2,1-5H3. The molecule has 1 amide bonds. The van der Waals surface area contributed by atoms with Crippen LogP contribution in [0.1, 0.15) is 53.0 Å². The normalized spacial score (nSPS) is 17.1. The van der Waals surface area contributed by atoms with Crippen molar-refractivity contribution in [1.82, 2.24) is 0 Å². The van der Waals surface area contributed by atoms with Crippen LogP contribution in [-0.2, 0) is 25.1 Å². The van der Waals surface area contributed by atoms with E-state index in [9.17, 15) is 9.00 Å². The summed E-state index contributed by atoms with van der Waals surface area (Å²) in [4.78, 5) is 15.5. The van der Waals surface area contributed by atoms with Crippen LogP contribution in [0.4, 0.5) is 5.69 Å². The molecule has 0 aliphatic carbocycles. The van der Waals surface area contributed by atoms with Gasteiger partial charge in [0.15, 0.2) is 0 Å². The second kappa shape index (κ2) is 10.2. The second-order valence-electron chi connectivity index (χ2n) is 9.64. The first-order valence-corrected chi connectivity index (χ1v) is 13.3. The molecule has 0 N–H and O–H groups in total. The molecule has 4 nitrogen and oxygen atoms in total. The van der Waals surface area contributed by atoms with Crippen LogP contribution in [0.25, 0.3) is 0 Å². The molecule has 180 valence electrons. The molecule has 1 aliphatic heterocycles. The number of benzene rings is 2. The Hall–Kier alpha value is -1.11. The third-order valence-electron chi connectivity index (χ3n) is 5.87. The van der Waals surface area contributed by atoms with Gasteiger partial charge in [0.1, 0.15) is 0 Å². The Morgan fingerprint density at radius 2 is 1.64 bits per heavy atom. The van der Waals surface area contributed by atoms with E-state index in [1.165, 1.54) is 0 Å². The van der Waals surface area contributed by atoms with E-state index < -0.39 is 21.0 Å². The van der Waals surface area contributed by atoms with Gasteiger partial charge in [0, 0.05) is 29.6 Å². The SMILES string of the molecule is CC(C)N(C(=O)C(C)(C)C)c1ccc(C2(S(=O)c3ccc(Cl)c(Cl)c3)CCOCC2)cc1Cl. The van der Waals surface area contributed by atoms with Crippen LogP contribution >= 0.6 is 34.8 Å². The number of halogens is 3. The number of amides is 1. The van der Waals surface area contributed by atoms with E-state index in [1.54, 1.807) is 23.1 Å². The number of carbonyl (C=O) groups is 1. The van der Waals surface area contributed by atoms with Gasteiger partial charge in [0.2, 0.25) is 5.91 Å². The van der Waals surface area contributed by atoms with Crippen LogP contribution in [0.15, 0.2) is 41.3 Å². The van der Waals surface area contributed by atoms with Crippen molar-refractivity contribution in [2.45, 2.75) is 63.1 Å². The molecular weight excluding hydrogens is 501 g/mol. The van der Waals surface area contributed by atoms with Crippen LogP contribution in [0.2, 0.25) is 15.1 Å². The molecule has 1 unspecified atom stereocenters. The molecule has 0 radical (unpaired) electrons. The Morgan fingerprint density at radius 3 is 2.15 bits per heavy atom. The topological polar surface area (TPSA) is 46.6 Å². The summed E-state index contributed by atoms with van der Waals surface area (Å²) in [5.41, 5.74) is 0.956. The highest BCUT2D eigenvalue weighted by Gasteiger charge is 2.42. The van der Waals surface area contributed by atoms with Crippen LogP contribution in [-0.4, -0.2) is 29.4 Å². The van der Waals surface area contributed by atoms with E-state index in [4.69, 9.17) is 39.5 Å². The number of ether oxygens (including phenoxy) is 1. The van der Waals surface area contributed by atoms with E-state index in [1.807, 2.05) is 52.8 Å². The van der Waals surface area contributed by atoms with Crippen molar-refractivity contribution in [2.75, 3.05) is 18.1 Å². The van der Waals surface area contributed by atoms with E-state index in [2.05, 4.69) is 0 Å². The highest BCUT2D eigenvalue weighted by Crippen LogP contribution is 2.44. The Bertz CT molecular complexity index is 1060. The first-order valence-electron chi connectivity index (χ1n) is 11.0. The minimum absolute atomic E-state index is 0.00712. The lowest BCUT2D eigenvalue weighted by Crippen LogP contribution is -2.44. The van der Waals surface area contributed by atoms with Crippen molar-refractivity contribution >= 4 is 57.2 Å². The molecule has 1 heterocycles. The smallest absolute Gasteiger partial charge is 0.232 e. The first kappa shape index (κ1) is 26.5. The van der Waals surface area contributed by atoms with Gasteiger partial charge in [-0.05, 0) is 62.6 Å². The monoisotopic (exact) mass is 529 g/mol. The summed E-state index contributed by atoms with van der Waals surface area (Å²) in [5.74, 6) is -0.00712. The van der Waals surface area contributed by atoms with Gasteiger partial charge >= 0.3 is 0 Å². The zero-order valence-corrected chi connectivity index (χ0v) is 22.7. The van der Waals surface area contributed by atoms with Crippen molar-refractivity contribution in [3.63, 3.8) is 0 Å². The average molecular weight is 531 g/mol. The Morgan fingerprint density at radius 1 is 1.00 bits per heavy atom. The minimum Gasteiger partial charge on any atom is -0.381 e. The fourth-order valence-electron chi connectivity index (χ4n) is 4.07. The third-order valence-corrected chi connectivity index (χ3v) is 8.95. The van der Waals surface area contributed by atoms with E-state index in [0.29, 0.717) is 51.7 Å². The summed E-state index contributed by atoms with van der Waals surface area (Å²) in [7, 11) is -1.42. The Kier molecular flexibility index (Phi) is 8.23. The fourth-order valence-corrected chi connectivity index (χ4v) is 6.45. The van der Waals surface area contributed by atoms with Crippen molar-refractivity contribution in [1.29, 1.82) is 0 Å². The quantitative estimate of drug-likeness (QED) is 0.409. The van der Waals surface area contributed by atoms with Gasteiger partial charge < -0.3 is 9.64 Å². The van der Waals surface area contributed by atoms with Crippen LogP contribution in [0.3, 0.4) is 0 Å². The van der Waals surface area contributed by atoms with Crippen LogP contribution in [0.5, 0.6) is 0 Å². The molecule has 1 atom stereocenters. The molecule has 33 heavy (non-hydrogen) atoms. The molecule has 3 rings (SSSR count). The van der Waals surface area contributed by atoms with Gasteiger partial charge in [-0.3, -0.25) is 9.00 Å². The van der Waals surface area contributed by atoms with Gasteiger partial charge in [0.05, 0.1) is 36.3 Å². The summed E-state index contributed by atoms with van der Waals surface area (Å²) in [6.45, 7) is 10.6. The first-order chi connectivity index (χ1) is 15.4. The lowest BCUT2D eigenvalue weighted by molar-refractivity contribution is -0.126. The summed E-state index contributed by atoms with van der Waals surface area (Å²) >= 11 is 19.1. The molecule has 1 aliphatic rings. The number of nitrogens with zero attached hydrogens (tertiary/aromatic N) is 1. The summed E-state index contributed by atoms with van der Waals surface area (Å²) in [5, 5.41) is 1.24. The molecule has 1 saturated heterocycles. The van der Waals surface area contributed by atoms with Gasteiger partial charge in [0.25, 0.3) is 0 Å². The second-order valence-corrected chi connectivity index (χ2v) is 12.6. The molecule has 0 spiro atoms. The van der Waals surface area contributed by atoms with Gasteiger partial charge in [-0.15, -0.1) is 0 Å². The largest absolute Gasteiger partial charge is 0.381 e. The lowest BCUT2D eigenvalue weighted by atomic mass is 9.89. The minimum atomic E-state index is -1.42. The summed E-state index contributed by atoms with van der Waals surface area (Å²) in [6, 6.07) is 10.7. The van der Waals surface area contributed by atoms with E-state index >= 15 is 0 Å². The van der Waals surface area contributed by atoms with Crippen molar-refractivity contribution in [3.8, 4) is 0 Å². The zero-order valence-electron chi connectivity index (χ0n) is 19.6. The predicted octanol–water partition coefficient (Wildman–Crippen LogP) is 7.25. The molecule has 8 heteroatoms. The molecular formula is C25H30Cl3NO3S. The summed E-state index contributed by atoms with van der Waals surface area (Å²) < 4.78 is 18.8. The maximum Gasteiger partial charge on any atom is 0.232 e. The summed E-state index contributed by atoms with van der Waals surface area (Å²) in [6.07, 6.45) is 1.15. The molecule has 1 fully saturated rings. The fraction of sp³-hybridized carbons (Fsp3) is 0.480. The number of anilines is 1. The molecule has 2 aromatic carbocycles.